The summed E-state index contributed by atoms with van der Waals surface area (Å²) in [6.45, 7) is 1.99. The first kappa shape index (κ1) is 7.38. The average Bonchev–Trinajstić information content (AvgIpc) is 2.04. The van der Waals surface area contributed by atoms with E-state index in [0.29, 0.717) is 0 Å². The standard InChI is InChI=1S/C9H12ClN/c10-11-6-5-8-3-1-2-4-9(8)7-11/h1-2,4,8H,3,5-7H2. The molecule has 1 aliphatic carbocycles. The van der Waals surface area contributed by atoms with Crippen LogP contribution in [0.5, 0.6) is 0 Å². The summed E-state index contributed by atoms with van der Waals surface area (Å²) >= 11 is 5.90. The molecule has 0 aromatic heterocycles. The van der Waals surface area contributed by atoms with Gasteiger partial charge in [-0.05, 0) is 30.5 Å². The second-order valence-corrected chi connectivity index (χ2v) is 3.71. The summed E-state index contributed by atoms with van der Waals surface area (Å²) in [6.07, 6.45) is 9.04. The molecule has 2 rings (SSSR count). The van der Waals surface area contributed by atoms with Gasteiger partial charge in [-0.1, -0.05) is 23.8 Å². The Morgan fingerprint density at radius 2 is 2.45 bits per heavy atom. The monoisotopic (exact) mass is 169 g/mol. The number of hydrogen-bond acceptors (Lipinski definition) is 1. The summed E-state index contributed by atoms with van der Waals surface area (Å²) in [7, 11) is 0. The van der Waals surface area contributed by atoms with Crippen molar-refractivity contribution < 1.29 is 0 Å². The molecule has 1 nitrogen and oxygen atoms in total. The number of nitrogens with zero attached hydrogens (tertiary/aromatic N) is 1. The van der Waals surface area contributed by atoms with Crippen molar-refractivity contribution in [3.63, 3.8) is 0 Å². The molecule has 0 amide bonds. The van der Waals surface area contributed by atoms with Gasteiger partial charge in [-0.3, -0.25) is 0 Å². The molecule has 11 heavy (non-hydrogen) atoms. The van der Waals surface area contributed by atoms with Gasteiger partial charge in [0.2, 0.25) is 0 Å². The van der Waals surface area contributed by atoms with Crippen LogP contribution in [0.2, 0.25) is 0 Å². The second-order valence-electron chi connectivity index (χ2n) is 3.24. The first-order chi connectivity index (χ1) is 5.36. The van der Waals surface area contributed by atoms with Gasteiger partial charge in [0.25, 0.3) is 0 Å². The normalized spacial score (nSPS) is 31.4. The van der Waals surface area contributed by atoms with Gasteiger partial charge in [0, 0.05) is 13.1 Å². The van der Waals surface area contributed by atoms with Crippen LogP contribution >= 0.6 is 11.8 Å². The number of rotatable bonds is 0. The summed E-state index contributed by atoms with van der Waals surface area (Å²) < 4.78 is 1.88. The van der Waals surface area contributed by atoms with Crippen molar-refractivity contribution in [1.29, 1.82) is 0 Å². The zero-order chi connectivity index (χ0) is 7.68. The summed E-state index contributed by atoms with van der Waals surface area (Å²) in [5.41, 5.74) is 1.51. The third-order valence-electron chi connectivity index (χ3n) is 2.47. The van der Waals surface area contributed by atoms with E-state index in [1.54, 1.807) is 0 Å². The van der Waals surface area contributed by atoms with Gasteiger partial charge in [-0.2, -0.15) is 0 Å². The van der Waals surface area contributed by atoms with E-state index < -0.39 is 0 Å². The highest BCUT2D eigenvalue weighted by Crippen LogP contribution is 2.29. The van der Waals surface area contributed by atoms with Crippen LogP contribution in [-0.2, 0) is 0 Å². The lowest BCUT2D eigenvalue weighted by Gasteiger charge is -2.30. The van der Waals surface area contributed by atoms with Crippen LogP contribution in [-0.4, -0.2) is 17.5 Å². The lowest BCUT2D eigenvalue weighted by molar-refractivity contribution is 0.357. The molecule has 0 N–H and O–H groups in total. The Morgan fingerprint density at radius 3 is 3.36 bits per heavy atom. The molecule has 60 valence electrons. The maximum atomic E-state index is 5.90. The topological polar surface area (TPSA) is 3.24 Å². The molecule has 0 aromatic carbocycles. The van der Waals surface area contributed by atoms with Gasteiger partial charge < -0.3 is 0 Å². The van der Waals surface area contributed by atoms with Crippen molar-refractivity contribution in [2.45, 2.75) is 12.8 Å². The van der Waals surface area contributed by atoms with E-state index in [2.05, 4.69) is 18.2 Å². The molecule has 0 spiro atoms. The fourth-order valence-electron chi connectivity index (χ4n) is 1.78. The molecule has 0 saturated carbocycles. The van der Waals surface area contributed by atoms with Crippen LogP contribution < -0.4 is 0 Å². The van der Waals surface area contributed by atoms with Crippen LogP contribution in [0.15, 0.2) is 23.8 Å². The average molecular weight is 170 g/mol. The van der Waals surface area contributed by atoms with Crippen LogP contribution in [0.1, 0.15) is 12.8 Å². The van der Waals surface area contributed by atoms with Gasteiger partial charge in [0.15, 0.2) is 0 Å². The van der Waals surface area contributed by atoms with Crippen LogP contribution in [0.3, 0.4) is 0 Å². The van der Waals surface area contributed by atoms with Gasteiger partial charge >= 0.3 is 0 Å². The van der Waals surface area contributed by atoms with Crippen molar-refractivity contribution in [3.8, 4) is 0 Å². The summed E-state index contributed by atoms with van der Waals surface area (Å²) in [5, 5.41) is 0. The Bertz CT molecular complexity index is 208. The minimum absolute atomic E-state index is 0.787. The predicted octanol–water partition coefficient (Wildman–Crippen LogP) is 2.35. The molecule has 1 atom stereocenters. The molecule has 2 heteroatoms. The van der Waals surface area contributed by atoms with E-state index in [0.717, 1.165) is 19.0 Å². The van der Waals surface area contributed by atoms with Crippen molar-refractivity contribution in [2.24, 2.45) is 5.92 Å². The van der Waals surface area contributed by atoms with Crippen LogP contribution in [0.25, 0.3) is 0 Å². The highest BCUT2D eigenvalue weighted by atomic mass is 35.5. The van der Waals surface area contributed by atoms with E-state index in [4.69, 9.17) is 11.8 Å². The quantitative estimate of drug-likeness (QED) is 0.504. The SMILES string of the molecule is ClN1CCC2CC=CC=C2C1. The fraction of sp³-hybridized carbons (Fsp3) is 0.556. The number of fused-ring (bicyclic) bond motifs is 1. The Kier molecular flexibility index (Phi) is 2.01. The maximum Gasteiger partial charge on any atom is 0.0355 e. The molecule has 1 saturated heterocycles. The lowest BCUT2D eigenvalue weighted by Crippen LogP contribution is -2.29. The minimum atomic E-state index is 0.787. The summed E-state index contributed by atoms with van der Waals surface area (Å²) in [6, 6.07) is 0. The number of halogens is 1. The second kappa shape index (κ2) is 3.00. The van der Waals surface area contributed by atoms with Gasteiger partial charge in [-0.25, -0.2) is 4.42 Å². The molecule has 0 aromatic rings. The van der Waals surface area contributed by atoms with E-state index >= 15 is 0 Å². The van der Waals surface area contributed by atoms with E-state index in [1.807, 2.05) is 4.42 Å². The molecular weight excluding hydrogens is 158 g/mol. The van der Waals surface area contributed by atoms with Crippen LogP contribution in [0.4, 0.5) is 0 Å². The zero-order valence-corrected chi connectivity index (χ0v) is 7.22. The van der Waals surface area contributed by atoms with E-state index in [1.165, 1.54) is 18.4 Å². The zero-order valence-electron chi connectivity index (χ0n) is 6.46. The molecule has 1 aliphatic heterocycles. The first-order valence-electron chi connectivity index (χ1n) is 4.12. The largest absolute Gasteiger partial charge is 0.216 e. The minimum Gasteiger partial charge on any atom is -0.216 e. The Hall–Kier alpha value is -0.270. The molecular formula is C9H12ClN. The molecule has 0 radical (unpaired) electrons. The highest BCUT2D eigenvalue weighted by Gasteiger charge is 2.22. The first-order valence-corrected chi connectivity index (χ1v) is 4.46. The van der Waals surface area contributed by atoms with Crippen molar-refractivity contribution in [2.75, 3.05) is 13.1 Å². The fourth-order valence-corrected chi connectivity index (χ4v) is 2.02. The van der Waals surface area contributed by atoms with Crippen molar-refractivity contribution in [3.05, 3.63) is 23.8 Å². The Labute approximate surface area is 72.4 Å². The molecule has 1 unspecified atom stereocenters. The van der Waals surface area contributed by atoms with Gasteiger partial charge in [0.1, 0.15) is 0 Å². The summed E-state index contributed by atoms with van der Waals surface area (Å²) in [5.74, 6) is 0.787. The smallest absolute Gasteiger partial charge is 0.0355 e. The maximum absolute atomic E-state index is 5.90. The number of hydrogen-bond donors (Lipinski definition) is 0. The highest BCUT2D eigenvalue weighted by molar-refractivity contribution is 6.13. The Morgan fingerprint density at radius 1 is 1.55 bits per heavy atom. The number of allylic oxidation sites excluding steroid dienone is 3. The van der Waals surface area contributed by atoms with Gasteiger partial charge in [-0.15, -0.1) is 0 Å². The Balaban J connectivity index is 2.12. The van der Waals surface area contributed by atoms with Crippen LogP contribution in [0, 0.1) is 5.92 Å². The van der Waals surface area contributed by atoms with Gasteiger partial charge in [0.05, 0.1) is 0 Å². The van der Waals surface area contributed by atoms with E-state index in [9.17, 15) is 0 Å². The van der Waals surface area contributed by atoms with Crippen molar-refractivity contribution in [1.82, 2.24) is 4.42 Å². The van der Waals surface area contributed by atoms with Crippen molar-refractivity contribution >= 4 is 11.8 Å². The predicted molar refractivity (Wildman–Crippen MR) is 47.4 cm³/mol. The summed E-state index contributed by atoms with van der Waals surface area (Å²) in [4.78, 5) is 0. The molecule has 1 fully saturated rings. The molecule has 2 aliphatic rings. The lowest BCUT2D eigenvalue weighted by atomic mass is 9.86. The number of piperidine rings is 1. The van der Waals surface area contributed by atoms with E-state index in [-0.39, 0.29) is 0 Å². The molecule has 0 bridgehead atoms. The third kappa shape index (κ3) is 1.49. The molecule has 1 heterocycles. The third-order valence-corrected chi connectivity index (χ3v) is 2.75.